The van der Waals surface area contributed by atoms with Gasteiger partial charge in [0.15, 0.2) is 5.13 Å². The van der Waals surface area contributed by atoms with E-state index < -0.39 is 0 Å². The predicted octanol–water partition coefficient (Wildman–Crippen LogP) is 2.75. The van der Waals surface area contributed by atoms with Gasteiger partial charge in [-0.15, -0.1) is 11.3 Å². The molecular formula is C18H16N6OS. The van der Waals surface area contributed by atoms with E-state index in [-0.39, 0.29) is 12.3 Å². The van der Waals surface area contributed by atoms with Crippen LogP contribution in [0.25, 0.3) is 5.13 Å². The van der Waals surface area contributed by atoms with Gasteiger partial charge in [0.2, 0.25) is 5.91 Å². The summed E-state index contributed by atoms with van der Waals surface area (Å²) in [4.78, 5) is 20.7. The van der Waals surface area contributed by atoms with Gasteiger partial charge in [-0.1, -0.05) is 12.1 Å². The number of anilines is 1. The van der Waals surface area contributed by atoms with Gasteiger partial charge in [-0.3, -0.25) is 4.79 Å². The molecule has 4 rings (SSSR count). The molecule has 0 saturated heterocycles. The monoisotopic (exact) mass is 364 g/mol. The van der Waals surface area contributed by atoms with E-state index in [1.807, 2.05) is 58.7 Å². The van der Waals surface area contributed by atoms with Crippen LogP contribution < -0.4 is 5.32 Å². The number of aromatic nitrogens is 5. The first-order chi connectivity index (χ1) is 12.8. The summed E-state index contributed by atoms with van der Waals surface area (Å²) in [6.07, 6.45) is 7.30. The number of amides is 1. The lowest BCUT2D eigenvalue weighted by molar-refractivity contribution is -0.115. The molecule has 0 fully saturated rings. The average molecular weight is 364 g/mol. The molecular weight excluding hydrogens is 348 g/mol. The van der Waals surface area contributed by atoms with Crippen LogP contribution >= 0.6 is 11.3 Å². The van der Waals surface area contributed by atoms with Gasteiger partial charge in [-0.2, -0.15) is 5.10 Å². The fraction of sp³-hybridized carbons (Fsp3) is 0.111. The van der Waals surface area contributed by atoms with Crippen LogP contribution in [0.3, 0.4) is 0 Å². The van der Waals surface area contributed by atoms with Crippen LogP contribution in [0.5, 0.6) is 0 Å². The van der Waals surface area contributed by atoms with Gasteiger partial charge >= 0.3 is 0 Å². The molecule has 1 aromatic carbocycles. The summed E-state index contributed by atoms with van der Waals surface area (Å²) >= 11 is 1.52. The quantitative estimate of drug-likeness (QED) is 0.571. The fourth-order valence-electron chi connectivity index (χ4n) is 2.52. The molecule has 1 amide bonds. The van der Waals surface area contributed by atoms with E-state index in [0.29, 0.717) is 6.54 Å². The third-order valence-electron chi connectivity index (χ3n) is 3.76. The van der Waals surface area contributed by atoms with E-state index in [2.05, 4.69) is 20.4 Å². The molecule has 0 aliphatic heterocycles. The zero-order chi connectivity index (χ0) is 17.8. The molecule has 1 N–H and O–H groups in total. The fourth-order valence-corrected chi connectivity index (χ4v) is 3.31. The number of nitrogens with one attached hydrogen (secondary N) is 1. The molecule has 3 aromatic heterocycles. The van der Waals surface area contributed by atoms with Crippen LogP contribution in [0.2, 0.25) is 0 Å². The number of thiazole rings is 1. The Morgan fingerprint density at radius 2 is 1.96 bits per heavy atom. The normalized spacial score (nSPS) is 10.8. The van der Waals surface area contributed by atoms with E-state index in [1.54, 1.807) is 11.0 Å². The predicted molar refractivity (Wildman–Crippen MR) is 99.3 cm³/mol. The van der Waals surface area contributed by atoms with Crippen LogP contribution in [-0.2, 0) is 17.8 Å². The second-order valence-electron chi connectivity index (χ2n) is 5.73. The lowest BCUT2D eigenvalue weighted by atomic mass is 10.2. The molecule has 0 atom stereocenters. The standard InChI is InChI=1S/C18H16N6OS/c25-17(9-16-11-26-18(22-16)23-7-1-2-8-23)21-15-5-3-14(4-6-15)10-24-13-19-12-20-24/h1-8,11-13H,9-10H2,(H,21,25). The van der Waals surface area contributed by atoms with Gasteiger partial charge in [0, 0.05) is 23.5 Å². The third kappa shape index (κ3) is 3.86. The van der Waals surface area contributed by atoms with Crippen molar-refractivity contribution < 1.29 is 4.79 Å². The Labute approximate surface area is 154 Å². The summed E-state index contributed by atoms with van der Waals surface area (Å²) in [6.45, 7) is 0.648. The van der Waals surface area contributed by atoms with Gasteiger partial charge in [0.25, 0.3) is 0 Å². The number of rotatable bonds is 6. The molecule has 0 aliphatic carbocycles. The Kier molecular flexibility index (Phi) is 4.57. The Hall–Kier alpha value is -3.26. The zero-order valence-electron chi connectivity index (χ0n) is 13.8. The summed E-state index contributed by atoms with van der Waals surface area (Å²) in [7, 11) is 0. The molecule has 8 heteroatoms. The van der Waals surface area contributed by atoms with Gasteiger partial charge in [-0.05, 0) is 29.8 Å². The molecule has 7 nitrogen and oxygen atoms in total. The van der Waals surface area contributed by atoms with E-state index in [0.717, 1.165) is 22.1 Å². The minimum Gasteiger partial charge on any atom is -0.326 e. The van der Waals surface area contributed by atoms with Crippen LogP contribution in [0.15, 0.2) is 66.8 Å². The third-order valence-corrected chi connectivity index (χ3v) is 4.66. The zero-order valence-corrected chi connectivity index (χ0v) is 14.6. The number of carbonyl (C=O) groups is 1. The van der Waals surface area contributed by atoms with Crippen LogP contribution in [-0.4, -0.2) is 30.2 Å². The lowest BCUT2D eigenvalue weighted by Crippen LogP contribution is -2.14. The highest BCUT2D eigenvalue weighted by atomic mass is 32.1. The second kappa shape index (κ2) is 7.32. The lowest BCUT2D eigenvalue weighted by Gasteiger charge is -2.06. The van der Waals surface area contributed by atoms with Crippen molar-refractivity contribution in [1.82, 2.24) is 24.3 Å². The van der Waals surface area contributed by atoms with E-state index in [1.165, 1.54) is 17.7 Å². The summed E-state index contributed by atoms with van der Waals surface area (Å²) < 4.78 is 3.68. The van der Waals surface area contributed by atoms with Gasteiger partial charge in [-0.25, -0.2) is 14.6 Å². The van der Waals surface area contributed by atoms with E-state index in [9.17, 15) is 4.79 Å². The van der Waals surface area contributed by atoms with Crippen molar-refractivity contribution in [3.8, 4) is 5.13 Å². The maximum atomic E-state index is 12.2. The van der Waals surface area contributed by atoms with Crippen molar-refractivity contribution in [2.75, 3.05) is 5.32 Å². The maximum absolute atomic E-state index is 12.2. The number of carbonyl (C=O) groups excluding carboxylic acids is 1. The molecule has 3 heterocycles. The van der Waals surface area contributed by atoms with Crippen molar-refractivity contribution >= 4 is 22.9 Å². The van der Waals surface area contributed by atoms with Gasteiger partial charge in [0.1, 0.15) is 12.7 Å². The summed E-state index contributed by atoms with van der Waals surface area (Å²) in [6, 6.07) is 11.6. The maximum Gasteiger partial charge on any atom is 0.230 e. The number of benzene rings is 1. The van der Waals surface area contributed by atoms with Crippen LogP contribution in [0.1, 0.15) is 11.3 Å². The number of hydrogen-bond donors (Lipinski definition) is 1. The molecule has 0 unspecified atom stereocenters. The summed E-state index contributed by atoms with van der Waals surface area (Å²) in [5.74, 6) is -0.0848. The number of hydrogen-bond acceptors (Lipinski definition) is 5. The molecule has 4 aromatic rings. The van der Waals surface area contributed by atoms with E-state index in [4.69, 9.17) is 0 Å². The van der Waals surface area contributed by atoms with Crippen molar-refractivity contribution in [1.29, 1.82) is 0 Å². The van der Waals surface area contributed by atoms with Crippen molar-refractivity contribution in [2.45, 2.75) is 13.0 Å². The Bertz CT molecular complexity index is 973. The van der Waals surface area contributed by atoms with Crippen LogP contribution in [0, 0.1) is 0 Å². The molecule has 130 valence electrons. The van der Waals surface area contributed by atoms with E-state index >= 15 is 0 Å². The van der Waals surface area contributed by atoms with Crippen molar-refractivity contribution in [2.24, 2.45) is 0 Å². The highest BCUT2D eigenvalue weighted by molar-refractivity contribution is 7.12. The van der Waals surface area contributed by atoms with Crippen molar-refractivity contribution in [3.63, 3.8) is 0 Å². The SMILES string of the molecule is O=C(Cc1csc(-n2cccc2)n1)Nc1ccc(Cn2cncn2)cc1. The smallest absolute Gasteiger partial charge is 0.230 e. The summed E-state index contributed by atoms with van der Waals surface area (Å²) in [5.41, 5.74) is 2.61. The highest BCUT2D eigenvalue weighted by Crippen LogP contribution is 2.16. The first kappa shape index (κ1) is 16.2. The first-order valence-corrected chi connectivity index (χ1v) is 8.93. The average Bonchev–Trinajstić information content (AvgIpc) is 3.38. The van der Waals surface area contributed by atoms with Crippen LogP contribution in [0.4, 0.5) is 5.69 Å². The molecule has 0 radical (unpaired) electrons. The highest BCUT2D eigenvalue weighted by Gasteiger charge is 2.09. The van der Waals surface area contributed by atoms with Gasteiger partial charge < -0.3 is 9.88 Å². The largest absolute Gasteiger partial charge is 0.326 e. The minimum atomic E-state index is -0.0848. The molecule has 0 saturated carbocycles. The Morgan fingerprint density at radius 3 is 2.69 bits per heavy atom. The summed E-state index contributed by atoms with van der Waals surface area (Å²) in [5, 5.41) is 9.75. The second-order valence-corrected chi connectivity index (χ2v) is 6.56. The first-order valence-electron chi connectivity index (χ1n) is 8.05. The Morgan fingerprint density at radius 1 is 1.15 bits per heavy atom. The van der Waals surface area contributed by atoms with Gasteiger partial charge in [0.05, 0.1) is 18.7 Å². The molecule has 0 bridgehead atoms. The molecule has 0 aliphatic rings. The Balaban J connectivity index is 1.34. The topological polar surface area (TPSA) is 77.6 Å². The molecule has 26 heavy (non-hydrogen) atoms. The van der Waals surface area contributed by atoms with Crippen molar-refractivity contribution in [3.05, 3.63) is 78.1 Å². The molecule has 0 spiro atoms. The minimum absolute atomic E-state index is 0.0848. The number of nitrogens with zero attached hydrogens (tertiary/aromatic N) is 5.